The van der Waals surface area contributed by atoms with E-state index in [2.05, 4.69) is 87.9 Å². The average molecular weight is 492 g/mol. The Morgan fingerprint density at radius 2 is 1.75 bits per heavy atom. The highest BCUT2D eigenvalue weighted by Crippen LogP contribution is 2.36. The van der Waals surface area contributed by atoms with Crippen molar-refractivity contribution in [1.82, 2.24) is 20.2 Å². The summed E-state index contributed by atoms with van der Waals surface area (Å²) in [6.07, 6.45) is 1.80. The number of carbonyl (C=O) groups is 1. The first-order valence-electron chi connectivity index (χ1n) is 11.9. The van der Waals surface area contributed by atoms with Crippen molar-refractivity contribution in [3.63, 3.8) is 0 Å². The fourth-order valence-electron chi connectivity index (χ4n) is 4.55. The maximum atomic E-state index is 11.8. The normalized spacial score (nSPS) is 11.6. The smallest absolute Gasteiger partial charge is 0.169 e. The Labute approximate surface area is 212 Å². The number of Topliss-reactive ketones (excluding diaryl/α,β-unsaturated/α-hetero) is 1. The number of nitrogens with zero attached hydrogens (tertiary/aromatic N) is 2. The summed E-state index contributed by atoms with van der Waals surface area (Å²) in [6.45, 7) is 5.86. The van der Waals surface area contributed by atoms with E-state index in [1.54, 1.807) is 13.1 Å². The second kappa shape index (κ2) is 8.77. The molecule has 0 saturated heterocycles. The van der Waals surface area contributed by atoms with E-state index < -0.39 is 0 Å². The van der Waals surface area contributed by atoms with Crippen LogP contribution in [0.1, 0.15) is 30.4 Å². The topological polar surface area (TPSA) is 86.5 Å². The summed E-state index contributed by atoms with van der Waals surface area (Å²) in [4.78, 5) is 21.7. The molecule has 0 atom stereocenters. The summed E-state index contributed by atoms with van der Waals surface area (Å²) < 4.78 is 0. The zero-order valence-electron chi connectivity index (χ0n) is 20.2. The van der Waals surface area contributed by atoms with Crippen LogP contribution < -0.4 is 5.32 Å². The van der Waals surface area contributed by atoms with Crippen LogP contribution in [-0.4, -0.2) is 32.0 Å². The van der Waals surface area contributed by atoms with E-state index >= 15 is 0 Å². The van der Waals surface area contributed by atoms with Gasteiger partial charge in [0.1, 0.15) is 5.69 Å². The minimum atomic E-state index is 0.0671. The fourth-order valence-corrected chi connectivity index (χ4v) is 5.47. The van der Waals surface area contributed by atoms with E-state index in [-0.39, 0.29) is 5.78 Å². The van der Waals surface area contributed by atoms with E-state index in [0.717, 1.165) is 65.5 Å². The Morgan fingerprint density at radius 3 is 2.56 bits per heavy atom. The Bertz CT molecular complexity index is 1740. The first-order chi connectivity index (χ1) is 17.5. The minimum Gasteiger partial charge on any atom is -0.383 e. The lowest BCUT2D eigenvalue weighted by Gasteiger charge is -2.11. The molecule has 0 fully saturated rings. The molecule has 4 aromatic heterocycles. The van der Waals surface area contributed by atoms with Crippen LogP contribution in [0.25, 0.3) is 54.9 Å². The fraction of sp³-hybridized carbons (Fsp3) is 0.138. The van der Waals surface area contributed by atoms with Gasteiger partial charge >= 0.3 is 0 Å². The number of H-pyrrole nitrogens is 2. The number of aromatic nitrogens is 4. The molecule has 7 heteroatoms. The zero-order chi connectivity index (χ0) is 24.8. The second-order valence-electron chi connectivity index (χ2n) is 9.24. The van der Waals surface area contributed by atoms with Gasteiger partial charge in [0.15, 0.2) is 5.78 Å². The summed E-state index contributed by atoms with van der Waals surface area (Å²) in [7, 11) is 0. The van der Waals surface area contributed by atoms with E-state index in [1.807, 2.05) is 18.2 Å². The van der Waals surface area contributed by atoms with Crippen LogP contribution in [-0.2, 0) is 0 Å². The number of thiophene rings is 1. The van der Waals surface area contributed by atoms with Crippen molar-refractivity contribution < 1.29 is 4.79 Å². The predicted molar refractivity (Wildman–Crippen MR) is 149 cm³/mol. The maximum absolute atomic E-state index is 11.8. The molecule has 3 N–H and O–H groups in total. The molecule has 36 heavy (non-hydrogen) atoms. The number of ketones is 1. The number of nitrogens with one attached hydrogen (secondary N) is 3. The van der Waals surface area contributed by atoms with Crippen LogP contribution in [0.15, 0.2) is 72.9 Å². The van der Waals surface area contributed by atoms with Gasteiger partial charge in [-0.25, -0.2) is 0 Å². The maximum Gasteiger partial charge on any atom is 0.169 e. The summed E-state index contributed by atoms with van der Waals surface area (Å²) >= 11 is 1.47. The number of anilines is 1. The third-order valence-electron chi connectivity index (χ3n) is 6.20. The van der Waals surface area contributed by atoms with Crippen LogP contribution >= 0.6 is 11.3 Å². The molecule has 0 saturated carbocycles. The third-order valence-corrected chi connectivity index (χ3v) is 7.40. The summed E-state index contributed by atoms with van der Waals surface area (Å²) in [5.74, 6) is 0.0671. The van der Waals surface area contributed by atoms with Crippen molar-refractivity contribution >= 4 is 44.6 Å². The number of hydrogen-bond acceptors (Lipinski definition) is 5. The summed E-state index contributed by atoms with van der Waals surface area (Å²) in [6, 6.07) is 23.1. The molecular formula is C29H25N5OS. The average Bonchev–Trinajstić information content (AvgIpc) is 3.60. The van der Waals surface area contributed by atoms with Gasteiger partial charge in [-0.15, -0.1) is 11.3 Å². The molecule has 0 aliphatic rings. The van der Waals surface area contributed by atoms with Gasteiger partial charge in [0, 0.05) is 34.2 Å². The first kappa shape index (κ1) is 22.2. The monoisotopic (exact) mass is 491 g/mol. The van der Waals surface area contributed by atoms with Crippen molar-refractivity contribution in [2.75, 3.05) is 5.32 Å². The Morgan fingerprint density at radius 1 is 0.917 bits per heavy atom. The van der Waals surface area contributed by atoms with Gasteiger partial charge in [0.2, 0.25) is 0 Å². The Hall–Kier alpha value is -4.23. The van der Waals surface area contributed by atoms with Crippen molar-refractivity contribution in [1.29, 1.82) is 0 Å². The van der Waals surface area contributed by atoms with Gasteiger partial charge in [-0.2, -0.15) is 5.10 Å². The molecule has 6 aromatic rings. The number of hydrogen-bond donors (Lipinski definition) is 3. The van der Waals surface area contributed by atoms with Crippen molar-refractivity contribution in [3.8, 4) is 33.1 Å². The summed E-state index contributed by atoms with van der Waals surface area (Å²) in [5.41, 5.74) is 7.99. The van der Waals surface area contributed by atoms with Gasteiger partial charge in [0.05, 0.1) is 26.7 Å². The van der Waals surface area contributed by atoms with Crippen molar-refractivity contribution in [2.24, 2.45) is 0 Å². The highest BCUT2D eigenvalue weighted by atomic mass is 32.1. The van der Waals surface area contributed by atoms with E-state index in [4.69, 9.17) is 0 Å². The van der Waals surface area contributed by atoms with Crippen LogP contribution in [0, 0.1) is 0 Å². The zero-order valence-corrected chi connectivity index (χ0v) is 21.0. The van der Waals surface area contributed by atoms with Crippen LogP contribution in [0.4, 0.5) is 5.69 Å². The lowest BCUT2D eigenvalue weighted by atomic mass is 10.0. The molecule has 0 aliphatic heterocycles. The van der Waals surface area contributed by atoms with Crippen LogP contribution in [0.2, 0.25) is 0 Å². The minimum absolute atomic E-state index is 0.0671. The van der Waals surface area contributed by atoms with Gasteiger partial charge in [-0.3, -0.25) is 14.9 Å². The number of pyridine rings is 1. The SMILES string of the molecule is CC(=O)c1ccc(-c2nccc3[nH]c(-c4n[nH]c5ccc(-c6cccc(NC(C)C)c6)cc45)cc23)s1. The number of rotatable bonds is 6. The quantitative estimate of drug-likeness (QED) is 0.210. The summed E-state index contributed by atoms with van der Waals surface area (Å²) in [5, 5.41) is 13.4. The van der Waals surface area contributed by atoms with Gasteiger partial charge in [-0.1, -0.05) is 18.2 Å². The molecule has 0 radical (unpaired) electrons. The van der Waals surface area contributed by atoms with Gasteiger partial charge < -0.3 is 10.3 Å². The Kier molecular flexibility index (Phi) is 5.42. The number of carbonyl (C=O) groups excluding carboxylic acids is 1. The molecule has 0 bridgehead atoms. The van der Waals surface area contributed by atoms with Gasteiger partial charge in [0.25, 0.3) is 0 Å². The molecule has 0 amide bonds. The van der Waals surface area contributed by atoms with Crippen molar-refractivity contribution in [3.05, 3.63) is 77.8 Å². The largest absolute Gasteiger partial charge is 0.383 e. The number of fused-ring (bicyclic) bond motifs is 2. The second-order valence-corrected chi connectivity index (χ2v) is 10.3. The van der Waals surface area contributed by atoms with Gasteiger partial charge in [-0.05, 0) is 80.4 Å². The van der Waals surface area contributed by atoms with Crippen LogP contribution in [0.5, 0.6) is 0 Å². The highest BCUT2D eigenvalue weighted by molar-refractivity contribution is 7.17. The first-order valence-corrected chi connectivity index (χ1v) is 12.7. The molecule has 2 aromatic carbocycles. The third kappa shape index (κ3) is 3.97. The molecule has 6 nitrogen and oxygen atoms in total. The van der Waals surface area contributed by atoms with E-state index in [0.29, 0.717) is 6.04 Å². The van der Waals surface area contributed by atoms with E-state index in [1.165, 1.54) is 11.3 Å². The molecule has 4 heterocycles. The lowest BCUT2D eigenvalue weighted by molar-refractivity contribution is 0.102. The highest BCUT2D eigenvalue weighted by Gasteiger charge is 2.16. The van der Waals surface area contributed by atoms with E-state index in [9.17, 15) is 4.79 Å². The van der Waals surface area contributed by atoms with Crippen molar-refractivity contribution in [2.45, 2.75) is 26.8 Å². The lowest BCUT2D eigenvalue weighted by Crippen LogP contribution is -2.09. The Balaban J connectivity index is 1.43. The molecule has 0 aliphatic carbocycles. The molecular weight excluding hydrogens is 466 g/mol. The molecule has 0 spiro atoms. The number of benzene rings is 2. The van der Waals surface area contributed by atoms with Crippen LogP contribution in [0.3, 0.4) is 0 Å². The molecule has 0 unspecified atom stereocenters. The predicted octanol–water partition coefficient (Wildman–Crippen LogP) is 7.52. The molecule has 178 valence electrons. The standard InChI is InChI=1S/C29H25N5OS/c1-16(2)31-20-6-4-5-18(13-20)19-7-8-24-21(14-19)28(34-33-24)25-15-22-23(32-25)11-12-30-29(22)27-10-9-26(36-27)17(3)35/h4-16,31-32H,1-3H3,(H,33,34). The number of aromatic amines is 2. The molecule has 6 rings (SSSR count).